The Kier molecular flexibility index (Phi) is 5.60. The van der Waals surface area contributed by atoms with Gasteiger partial charge in [0.25, 0.3) is 5.91 Å². The van der Waals surface area contributed by atoms with E-state index in [2.05, 4.69) is 40.1 Å². The van der Waals surface area contributed by atoms with E-state index in [4.69, 9.17) is 4.74 Å². The van der Waals surface area contributed by atoms with Crippen molar-refractivity contribution in [2.75, 3.05) is 6.61 Å². The molecule has 1 N–H and O–H groups in total. The third-order valence-corrected chi connectivity index (χ3v) is 3.78. The number of ether oxygens (including phenoxy) is 1. The molecule has 1 aromatic heterocycles. The molecule has 1 heterocycles. The Morgan fingerprint density at radius 1 is 1.45 bits per heavy atom. The van der Waals surface area contributed by atoms with E-state index in [1.807, 2.05) is 42.1 Å². The van der Waals surface area contributed by atoms with Crippen molar-refractivity contribution in [2.24, 2.45) is 13.0 Å². The van der Waals surface area contributed by atoms with Crippen molar-refractivity contribution in [1.29, 1.82) is 0 Å². The van der Waals surface area contributed by atoms with Gasteiger partial charge in [0.2, 0.25) is 0 Å². The van der Waals surface area contributed by atoms with Gasteiger partial charge in [-0.2, -0.15) is 0 Å². The molecule has 1 aromatic carbocycles. The molecule has 1 amide bonds. The molecule has 0 radical (unpaired) electrons. The minimum absolute atomic E-state index is 0.0237. The molecule has 0 saturated carbocycles. The van der Waals surface area contributed by atoms with Crippen LogP contribution in [0.15, 0.2) is 41.1 Å². The summed E-state index contributed by atoms with van der Waals surface area (Å²) in [5.74, 6) is 1.56. The third kappa shape index (κ3) is 4.34. The Balaban J connectivity index is 1.96. The fourth-order valence-corrected chi connectivity index (χ4v) is 2.51. The summed E-state index contributed by atoms with van der Waals surface area (Å²) in [6, 6.07) is 7.27. The molecule has 0 fully saturated rings. The number of carbonyl (C=O) groups excluding carboxylic acids is 1. The summed E-state index contributed by atoms with van der Waals surface area (Å²) in [6.45, 7) is 4.08. The lowest BCUT2D eigenvalue weighted by Gasteiger charge is -2.22. The Morgan fingerprint density at radius 3 is 2.82 bits per heavy atom. The molecule has 0 unspecified atom stereocenters. The van der Waals surface area contributed by atoms with Crippen LogP contribution in [0.5, 0.6) is 5.75 Å². The van der Waals surface area contributed by atoms with Gasteiger partial charge in [-0.05, 0) is 24.1 Å². The van der Waals surface area contributed by atoms with Crippen LogP contribution in [0.4, 0.5) is 0 Å². The van der Waals surface area contributed by atoms with Crippen LogP contribution in [-0.4, -0.2) is 22.1 Å². The van der Waals surface area contributed by atoms with Crippen molar-refractivity contribution < 1.29 is 9.53 Å². The summed E-state index contributed by atoms with van der Waals surface area (Å²) in [5.41, 5.74) is 0. The smallest absolute Gasteiger partial charge is 0.258 e. The fourth-order valence-electron chi connectivity index (χ4n) is 2.13. The minimum atomic E-state index is -0.165. The number of hydrogen-bond acceptors (Lipinski definition) is 3. The number of carbonyl (C=O) groups is 1. The molecule has 0 aliphatic carbocycles. The molecule has 22 heavy (non-hydrogen) atoms. The van der Waals surface area contributed by atoms with Crippen molar-refractivity contribution in [3.8, 4) is 5.75 Å². The average Bonchev–Trinajstić information content (AvgIpc) is 2.88. The molecule has 0 aliphatic heterocycles. The van der Waals surface area contributed by atoms with Gasteiger partial charge in [0.15, 0.2) is 6.61 Å². The maximum Gasteiger partial charge on any atom is 0.258 e. The largest absolute Gasteiger partial charge is 0.484 e. The van der Waals surface area contributed by atoms with Crippen LogP contribution in [0.25, 0.3) is 0 Å². The van der Waals surface area contributed by atoms with Crippen LogP contribution in [0.3, 0.4) is 0 Å². The molecule has 0 aliphatic rings. The first-order valence-electron chi connectivity index (χ1n) is 7.12. The normalized spacial score (nSPS) is 12.2. The maximum absolute atomic E-state index is 12.1. The van der Waals surface area contributed by atoms with Gasteiger partial charge in [-0.15, -0.1) is 0 Å². The Morgan fingerprint density at radius 2 is 2.23 bits per heavy atom. The first kappa shape index (κ1) is 16.5. The molecule has 6 heteroatoms. The first-order chi connectivity index (χ1) is 10.5. The van der Waals surface area contributed by atoms with E-state index >= 15 is 0 Å². The van der Waals surface area contributed by atoms with Gasteiger partial charge < -0.3 is 14.6 Å². The molecule has 0 spiro atoms. The van der Waals surface area contributed by atoms with E-state index in [-0.39, 0.29) is 24.5 Å². The number of imidazole rings is 1. The second kappa shape index (κ2) is 7.45. The lowest BCUT2D eigenvalue weighted by atomic mass is 10.0. The summed E-state index contributed by atoms with van der Waals surface area (Å²) in [7, 11) is 1.92. The van der Waals surface area contributed by atoms with Gasteiger partial charge in [-0.25, -0.2) is 4.98 Å². The van der Waals surface area contributed by atoms with Crippen molar-refractivity contribution in [1.82, 2.24) is 14.9 Å². The molecule has 0 saturated heterocycles. The van der Waals surface area contributed by atoms with Crippen LogP contribution in [-0.2, 0) is 11.8 Å². The number of halogens is 1. The second-order valence-electron chi connectivity index (χ2n) is 5.43. The van der Waals surface area contributed by atoms with E-state index in [9.17, 15) is 4.79 Å². The molecular formula is C16H20BrN3O2. The topological polar surface area (TPSA) is 56.1 Å². The first-order valence-corrected chi connectivity index (χ1v) is 7.91. The number of hydrogen-bond donors (Lipinski definition) is 1. The lowest BCUT2D eigenvalue weighted by Crippen LogP contribution is -2.36. The quantitative estimate of drug-likeness (QED) is 0.855. The predicted octanol–water partition coefficient (Wildman–Crippen LogP) is 3.07. The van der Waals surface area contributed by atoms with Crippen molar-refractivity contribution >= 4 is 21.8 Å². The molecule has 118 valence electrons. The fraction of sp³-hybridized carbons (Fsp3) is 0.375. The van der Waals surface area contributed by atoms with Crippen molar-refractivity contribution in [3.05, 3.63) is 47.0 Å². The van der Waals surface area contributed by atoms with E-state index in [1.54, 1.807) is 6.20 Å². The van der Waals surface area contributed by atoms with E-state index < -0.39 is 0 Å². The number of amides is 1. The van der Waals surface area contributed by atoms with Gasteiger partial charge >= 0.3 is 0 Å². The zero-order valence-electron chi connectivity index (χ0n) is 12.9. The number of aryl methyl sites for hydroxylation is 1. The molecule has 0 bridgehead atoms. The highest BCUT2D eigenvalue weighted by Gasteiger charge is 2.22. The van der Waals surface area contributed by atoms with E-state index in [1.165, 1.54) is 0 Å². The monoisotopic (exact) mass is 365 g/mol. The van der Waals surface area contributed by atoms with Crippen molar-refractivity contribution in [3.63, 3.8) is 0 Å². The highest BCUT2D eigenvalue weighted by molar-refractivity contribution is 9.10. The minimum Gasteiger partial charge on any atom is -0.484 e. The SMILES string of the molecule is CC(C)[C@H](NC(=O)COc1cccc(Br)c1)c1nccn1C. The average molecular weight is 366 g/mol. The highest BCUT2D eigenvalue weighted by atomic mass is 79.9. The summed E-state index contributed by atoms with van der Waals surface area (Å²) in [4.78, 5) is 16.5. The van der Waals surface area contributed by atoms with E-state index in [0.717, 1.165) is 10.3 Å². The maximum atomic E-state index is 12.1. The zero-order chi connectivity index (χ0) is 16.1. The summed E-state index contributed by atoms with van der Waals surface area (Å²) in [6.07, 6.45) is 3.60. The van der Waals surface area contributed by atoms with Crippen LogP contribution in [0, 0.1) is 5.92 Å². The van der Waals surface area contributed by atoms with Gasteiger partial charge in [0.05, 0.1) is 6.04 Å². The summed E-state index contributed by atoms with van der Waals surface area (Å²) >= 11 is 3.37. The standard InChI is InChI=1S/C16H20BrN3O2/c1-11(2)15(16-18-7-8-20(16)3)19-14(21)10-22-13-6-4-5-12(17)9-13/h4-9,11,15H,10H2,1-3H3,(H,19,21)/t15-/m0/s1. The van der Waals surface area contributed by atoms with Crippen molar-refractivity contribution in [2.45, 2.75) is 19.9 Å². The van der Waals surface area contributed by atoms with Crippen LogP contribution < -0.4 is 10.1 Å². The number of aromatic nitrogens is 2. The van der Waals surface area contributed by atoms with Gasteiger partial charge in [-0.3, -0.25) is 4.79 Å². The van der Waals surface area contributed by atoms with Crippen LogP contribution >= 0.6 is 15.9 Å². The molecule has 2 aromatic rings. The highest BCUT2D eigenvalue weighted by Crippen LogP contribution is 2.20. The second-order valence-corrected chi connectivity index (χ2v) is 6.35. The lowest BCUT2D eigenvalue weighted by molar-refractivity contribution is -0.124. The van der Waals surface area contributed by atoms with Gasteiger partial charge in [-0.1, -0.05) is 35.8 Å². The molecule has 1 atom stereocenters. The number of nitrogens with zero attached hydrogens (tertiary/aromatic N) is 2. The Hall–Kier alpha value is -1.82. The van der Waals surface area contributed by atoms with Gasteiger partial charge in [0, 0.05) is 23.9 Å². The zero-order valence-corrected chi connectivity index (χ0v) is 14.5. The molecule has 2 rings (SSSR count). The third-order valence-electron chi connectivity index (χ3n) is 3.29. The summed E-state index contributed by atoms with van der Waals surface area (Å²) < 4.78 is 8.34. The Labute approximate surface area is 138 Å². The van der Waals surface area contributed by atoms with Gasteiger partial charge in [0.1, 0.15) is 11.6 Å². The Bertz CT molecular complexity index is 640. The van der Waals surface area contributed by atoms with Crippen LogP contribution in [0.1, 0.15) is 25.7 Å². The summed E-state index contributed by atoms with van der Waals surface area (Å²) in [5, 5.41) is 2.99. The number of benzene rings is 1. The van der Waals surface area contributed by atoms with Crippen LogP contribution in [0.2, 0.25) is 0 Å². The predicted molar refractivity (Wildman–Crippen MR) is 88.6 cm³/mol. The number of nitrogens with one attached hydrogen (secondary N) is 1. The number of rotatable bonds is 6. The molecular weight excluding hydrogens is 346 g/mol. The molecule has 5 nitrogen and oxygen atoms in total. The van der Waals surface area contributed by atoms with E-state index in [0.29, 0.717) is 5.75 Å².